The van der Waals surface area contributed by atoms with Gasteiger partial charge in [0.05, 0.1) is 24.3 Å². The average Bonchev–Trinajstić information content (AvgIpc) is 2.97. The summed E-state index contributed by atoms with van der Waals surface area (Å²) in [5.41, 5.74) is 1.04. The van der Waals surface area contributed by atoms with E-state index in [2.05, 4.69) is 13.8 Å². The molecule has 0 heterocycles. The Morgan fingerprint density at radius 2 is 1.17 bits per heavy atom. The van der Waals surface area contributed by atoms with Crippen LogP contribution < -0.4 is 4.74 Å². The first-order valence-corrected chi connectivity index (χ1v) is 14.5. The van der Waals surface area contributed by atoms with Crippen molar-refractivity contribution in [1.29, 1.82) is 0 Å². The van der Waals surface area contributed by atoms with E-state index in [0.717, 1.165) is 64.2 Å². The lowest BCUT2D eigenvalue weighted by atomic mass is 10.1. The van der Waals surface area contributed by atoms with Gasteiger partial charge >= 0.3 is 23.9 Å². The molecule has 0 saturated carbocycles. The number of esters is 3. The number of unbranched alkanes of at least 4 members (excludes halogenated alkanes) is 8. The number of aromatic carboxylic acids is 1. The van der Waals surface area contributed by atoms with Gasteiger partial charge in [0.15, 0.2) is 5.92 Å². The van der Waals surface area contributed by atoms with E-state index in [1.807, 2.05) is 0 Å². The minimum atomic E-state index is -1.18. The van der Waals surface area contributed by atoms with Gasteiger partial charge in [-0.2, -0.15) is 0 Å². The Kier molecular flexibility index (Phi) is 15.6. The minimum Gasteiger partial charge on any atom is -0.478 e. The molecule has 0 fully saturated rings. The lowest BCUT2D eigenvalue weighted by Gasteiger charge is -2.13. The Balaban J connectivity index is 1.99. The molecule has 8 heteroatoms. The van der Waals surface area contributed by atoms with Gasteiger partial charge in [-0.15, -0.1) is 0 Å². The van der Waals surface area contributed by atoms with Crippen LogP contribution in [0.2, 0.25) is 0 Å². The maximum Gasteiger partial charge on any atom is 0.343 e. The second-order valence-corrected chi connectivity index (χ2v) is 9.84. The van der Waals surface area contributed by atoms with Gasteiger partial charge in [-0.1, -0.05) is 89.5 Å². The third-order valence-electron chi connectivity index (χ3n) is 6.43. The van der Waals surface area contributed by atoms with Crippen molar-refractivity contribution in [3.63, 3.8) is 0 Å². The Bertz CT molecular complexity index is 1090. The van der Waals surface area contributed by atoms with E-state index in [9.17, 15) is 19.2 Å². The largest absolute Gasteiger partial charge is 0.478 e. The highest BCUT2D eigenvalue weighted by Gasteiger charge is 2.27. The predicted octanol–water partition coefficient (Wildman–Crippen LogP) is 7.26. The molecule has 0 atom stereocenters. The lowest BCUT2D eigenvalue weighted by Crippen LogP contribution is -2.27. The molecule has 0 amide bonds. The summed E-state index contributed by atoms with van der Waals surface area (Å²) in [6.45, 7) is 4.78. The standard InChI is InChI=1S/C33H42O8/c1-3-5-7-9-11-23-39-32(37)29(33(38)40-24-12-10-8-6-4-2)22-15-25-13-16-27(17-14-25)31(36)41-28-20-18-26(19-21-28)30(34)35/h13-22,29H,3-12,23-24H2,1-2H3,(H,34,35)/b22-15+. The van der Waals surface area contributed by atoms with Gasteiger partial charge in [-0.3, -0.25) is 9.59 Å². The highest BCUT2D eigenvalue weighted by atomic mass is 16.6. The Morgan fingerprint density at radius 1 is 0.683 bits per heavy atom. The summed E-state index contributed by atoms with van der Waals surface area (Å²) >= 11 is 0. The van der Waals surface area contributed by atoms with Gasteiger partial charge in [0.2, 0.25) is 0 Å². The number of carboxylic acids is 1. The smallest absolute Gasteiger partial charge is 0.343 e. The SMILES string of the molecule is CCCCCCCOC(=O)C(/C=C/c1ccc(C(=O)Oc2ccc(C(=O)O)cc2)cc1)C(=O)OCCCCCCC. The van der Waals surface area contributed by atoms with Crippen molar-refractivity contribution >= 4 is 30.0 Å². The molecular formula is C33H42O8. The summed E-state index contributed by atoms with van der Waals surface area (Å²) in [5, 5.41) is 8.98. The third-order valence-corrected chi connectivity index (χ3v) is 6.43. The fourth-order valence-electron chi connectivity index (χ4n) is 3.96. The summed E-state index contributed by atoms with van der Waals surface area (Å²) in [6.07, 6.45) is 13.2. The zero-order valence-electron chi connectivity index (χ0n) is 24.1. The lowest BCUT2D eigenvalue weighted by molar-refractivity contribution is -0.159. The van der Waals surface area contributed by atoms with Crippen LogP contribution in [0.15, 0.2) is 54.6 Å². The van der Waals surface area contributed by atoms with E-state index in [1.54, 1.807) is 30.3 Å². The Morgan fingerprint density at radius 3 is 1.66 bits per heavy atom. The van der Waals surface area contributed by atoms with E-state index in [0.29, 0.717) is 5.56 Å². The number of benzene rings is 2. The molecule has 0 unspecified atom stereocenters. The highest BCUT2D eigenvalue weighted by molar-refractivity contribution is 5.98. The molecule has 41 heavy (non-hydrogen) atoms. The Hall–Kier alpha value is -3.94. The number of hydrogen-bond donors (Lipinski definition) is 1. The second kappa shape index (κ2) is 19.2. The van der Waals surface area contributed by atoms with Crippen molar-refractivity contribution in [2.24, 2.45) is 5.92 Å². The third kappa shape index (κ3) is 12.8. The van der Waals surface area contributed by atoms with E-state index < -0.39 is 29.8 Å². The van der Waals surface area contributed by atoms with Crippen LogP contribution in [-0.2, 0) is 19.1 Å². The van der Waals surface area contributed by atoms with Gasteiger partial charge in [0, 0.05) is 0 Å². The zero-order chi connectivity index (χ0) is 29.9. The van der Waals surface area contributed by atoms with Crippen molar-refractivity contribution < 1.29 is 38.5 Å². The monoisotopic (exact) mass is 566 g/mol. The number of carboxylic acid groups (broad SMARTS) is 1. The molecule has 2 aromatic carbocycles. The van der Waals surface area contributed by atoms with Crippen molar-refractivity contribution in [1.82, 2.24) is 0 Å². The number of hydrogen-bond acceptors (Lipinski definition) is 7. The normalized spacial score (nSPS) is 11.0. The average molecular weight is 567 g/mol. The summed E-state index contributed by atoms with van der Waals surface area (Å²) < 4.78 is 16.1. The van der Waals surface area contributed by atoms with Crippen LogP contribution in [0.5, 0.6) is 5.75 Å². The molecule has 2 aromatic rings. The molecule has 0 aliphatic heterocycles. The fraction of sp³-hybridized carbons (Fsp3) is 0.455. The first-order valence-electron chi connectivity index (χ1n) is 14.5. The number of ether oxygens (including phenoxy) is 3. The molecule has 0 bridgehead atoms. The zero-order valence-corrected chi connectivity index (χ0v) is 24.1. The van der Waals surface area contributed by atoms with Crippen LogP contribution in [0, 0.1) is 5.92 Å². The summed E-state index contributed by atoms with van der Waals surface area (Å²) in [5.74, 6) is -3.91. The topological polar surface area (TPSA) is 116 Å². The molecule has 0 aliphatic rings. The number of rotatable bonds is 19. The van der Waals surface area contributed by atoms with Gasteiger partial charge in [0.1, 0.15) is 5.75 Å². The fourth-order valence-corrected chi connectivity index (χ4v) is 3.96. The molecule has 1 N–H and O–H groups in total. The van der Waals surface area contributed by atoms with Crippen LogP contribution in [0.1, 0.15) is 104 Å². The van der Waals surface area contributed by atoms with Crippen molar-refractivity contribution in [2.45, 2.75) is 78.1 Å². The maximum absolute atomic E-state index is 12.8. The van der Waals surface area contributed by atoms with Crippen LogP contribution in [0.25, 0.3) is 6.08 Å². The number of carbonyl (C=O) groups is 4. The van der Waals surface area contributed by atoms with E-state index in [-0.39, 0.29) is 30.1 Å². The molecule has 0 saturated heterocycles. The molecule has 0 aromatic heterocycles. The van der Waals surface area contributed by atoms with Crippen LogP contribution >= 0.6 is 0 Å². The molecule has 0 aliphatic carbocycles. The summed E-state index contributed by atoms with van der Waals surface area (Å²) in [4.78, 5) is 49.0. The minimum absolute atomic E-state index is 0.0888. The summed E-state index contributed by atoms with van der Waals surface area (Å²) in [7, 11) is 0. The second-order valence-electron chi connectivity index (χ2n) is 9.84. The van der Waals surface area contributed by atoms with Gasteiger partial charge in [-0.05, 0) is 54.8 Å². The van der Waals surface area contributed by atoms with Crippen molar-refractivity contribution in [2.75, 3.05) is 13.2 Å². The van der Waals surface area contributed by atoms with E-state index >= 15 is 0 Å². The van der Waals surface area contributed by atoms with Crippen LogP contribution in [0.4, 0.5) is 0 Å². The predicted molar refractivity (Wildman–Crippen MR) is 157 cm³/mol. The van der Waals surface area contributed by atoms with E-state index in [1.165, 1.54) is 30.3 Å². The van der Waals surface area contributed by atoms with Crippen LogP contribution in [-0.4, -0.2) is 42.2 Å². The van der Waals surface area contributed by atoms with E-state index in [4.69, 9.17) is 19.3 Å². The maximum atomic E-state index is 12.8. The van der Waals surface area contributed by atoms with Gasteiger partial charge in [0.25, 0.3) is 0 Å². The molecule has 222 valence electrons. The number of carbonyl (C=O) groups excluding carboxylic acids is 3. The molecule has 8 nitrogen and oxygen atoms in total. The van der Waals surface area contributed by atoms with Crippen molar-refractivity contribution in [3.8, 4) is 5.75 Å². The quantitative estimate of drug-likeness (QED) is 0.0817. The molecule has 2 rings (SSSR count). The van der Waals surface area contributed by atoms with Crippen LogP contribution in [0.3, 0.4) is 0 Å². The van der Waals surface area contributed by atoms with Gasteiger partial charge < -0.3 is 19.3 Å². The summed E-state index contributed by atoms with van der Waals surface area (Å²) in [6, 6.07) is 12.0. The Labute approximate surface area is 242 Å². The molecular weight excluding hydrogens is 524 g/mol. The molecule has 0 radical (unpaired) electrons. The first kappa shape index (κ1) is 33.3. The van der Waals surface area contributed by atoms with Crippen molar-refractivity contribution in [3.05, 3.63) is 71.3 Å². The molecule has 0 spiro atoms. The highest BCUT2D eigenvalue weighted by Crippen LogP contribution is 2.17. The first-order chi connectivity index (χ1) is 19.8. The van der Waals surface area contributed by atoms with Gasteiger partial charge in [-0.25, -0.2) is 9.59 Å².